The summed E-state index contributed by atoms with van der Waals surface area (Å²) in [4.78, 5) is 1.61. The molecule has 0 aromatic rings. The van der Waals surface area contributed by atoms with Crippen molar-refractivity contribution in [2.45, 2.75) is 25.1 Å². The van der Waals surface area contributed by atoms with Crippen LogP contribution in [0.25, 0.3) is 0 Å². The molecule has 1 saturated heterocycles. The quantitative estimate of drug-likeness (QED) is 0.642. The predicted octanol–water partition coefficient (Wildman–Crippen LogP) is -1.01. The van der Waals surface area contributed by atoms with Crippen LogP contribution in [0.1, 0.15) is 6.92 Å². The maximum Gasteiger partial charge on any atom is 0.154 e. The number of sulfone groups is 1. The van der Waals surface area contributed by atoms with Crippen molar-refractivity contribution in [3.8, 4) is 6.07 Å². The smallest absolute Gasteiger partial charge is 0.154 e. The van der Waals surface area contributed by atoms with Crippen molar-refractivity contribution in [3.63, 3.8) is 0 Å². The molecule has 0 bridgehead atoms. The van der Waals surface area contributed by atoms with E-state index in [0.717, 1.165) is 0 Å². The monoisotopic (exact) mass is 218 g/mol. The highest BCUT2D eigenvalue weighted by molar-refractivity contribution is 7.91. The molecule has 1 rings (SSSR count). The van der Waals surface area contributed by atoms with E-state index in [2.05, 4.69) is 0 Å². The molecule has 0 spiro atoms. The molecule has 1 fully saturated rings. The van der Waals surface area contributed by atoms with E-state index in [0.29, 0.717) is 0 Å². The average Bonchev–Trinajstić information content (AvgIpc) is 2.37. The minimum absolute atomic E-state index is 0.0588. The van der Waals surface area contributed by atoms with Gasteiger partial charge in [0, 0.05) is 0 Å². The lowest BCUT2D eigenvalue weighted by Crippen LogP contribution is -2.44. The Bertz CT molecular complexity index is 346. The van der Waals surface area contributed by atoms with E-state index < -0.39 is 22.0 Å². The molecule has 1 aliphatic heterocycles. The van der Waals surface area contributed by atoms with Gasteiger partial charge in [0.2, 0.25) is 0 Å². The Morgan fingerprint density at radius 2 is 2.14 bits per heavy atom. The summed E-state index contributed by atoms with van der Waals surface area (Å²) in [6.45, 7) is 1.68. The van der Waals surface area contributed by atoms with Gasteiger partial charge in [0.05, 0.1) is 35.8 Å². The van der Waals surface area contributed by atoms with E-state index in [1.54, 1.807) is 18.9 Å². The van der Waals surface area contributed by atoms with E-state index in [1.807, 2.05) is 6.07 Å². The topological polar surface area (TPSA) is 81.4 Å². The summed E-state index contributed by atoms with van der Waals surface area (Å²) >= 11 is 0. The molecule has 3 atom stereocenters. The van der Waals surface area contributed by atoms with E-state index >= 15 is 0 Å². The Balaban J connectivity index is 2.77. The molecule has 1 N–H and O–H groups in total. The SMILES string of the molecule is CC(C#N)N(C)C1CS(=O)(=O)CC1O. The second kappa shape index (κ2) is 3.85. The van der Waals surface area contributed by atoms with Gasteiger partial charge in [-0.3, -0.25) is 4.90 Å². The molecule has 0 amide bonds. The highest BCUT2D eigenvalue weighted by Gasteiger charge is 2.39. The van der Waals surface area contributed by atoms with Crippen LogP contribution >= 0.6 is 0 Å². The number of aliphatic hydroxyl groups is 1. The lowest BCUT2D eigenvalue weighted by Gasteiger charge is -2.27. The molecule has 1 heterocycles. The van der Waals surface area contributed by atoms with Gasteiger partial charge in [0.15, 0.2) is 9.84 Å². The highest BCUT2D eigenvalue weighted by atomic mass is 32.2. The van der Waals surface area contributed by atoms with Crippen LogP contribution < -0.4 is 0 Å². The lowest BCUT2D eigenvalue weighted by atomic mass is 10.1. The summed E-state index contributed by atoms with van der Waals surface area (Å²) in [6.07, 6.45) is -0.874. The number of rotatable bonds is 2. The lowest BCUT2D eigenvalue weighted by molar-refractivity contribution is 0.0902. The number of hydrogen-bond acceptors (Lipinski definition) is 5. The molecule has 0 aromatic heterocycles. The van der Waals surface area contributed by atoms with Gasteiger partial charge >= 0.3 is 0 Å². The molecule has 5 nitrogen and oxygen atoms in total. The molecule has 0 radical (unpaired) electrons. The Morgan fingerprint density at radius 3 is 2.50 bits per heavy atom. The van der Waals surface area contributed by atoms with Gasteiger partial charge in [-0.15, -0.1) is 0 Å². The van der Waals surface area contributed by atoms with E-state index in [9.17, 15) is 13.5 Å². The molecular weight excluding hydrogens is 204 g/mol. The summed E-state index contributed by atoms with van der Waals surface area (Å²) in [6, 6.07) is 1.17. The molecule has 0 saturated carbocycles. The summed E-state index contributed by atoms with van der Waals surface area (Å²) in [5, 5.41) is 18.2. The van der Waals surface area contributed by atoms with Crippen LogP contribution in [0.2, 0.25) is 0 Å². The third kappa shape index (κ3) is 2.23. The van der Waals surface area contributed by atoms with Crippen molar-refractivity contribution in [3.05, 3.63) is 0 Å². The molecule has 0 aliphatic carbocycles. The number of likely N-dealkylation sites (N-methyl/N-ethyl adjacent to an activating group) is 1. The van der Waals surface area contributed by atoms with Gasteiger partial charge in [-0.05, 0) is 14.0 Å². The minimum atomic E-state index is -3.13. The van der Waals surface area contributed by atoms with E-state index in [1.165, 1.54) is 0 Å². The first-order chi connectivity index (χ1) is 6.37. The number of aliphatic hydroxyl groups excluding tert-OH is 1. The van der Waals surface area contributed by atoms with Crippen LogP contribution in [0.15, 0.2) is 0 Å². The van der Waals surface area contributed by atoms with Crippen molar-refractivity contribution < 1.29 is 13.5 Å². The summed E-state index contributed by atoms with van der Waals surface area (Å²) in [5.41, 5.74) is 0. The van der Waals surface area contributed by atoms with Gasteiger partial charge in [-0.1, -0.05) is 0 Å². The van der Waals surface area contributed by atoms with Crippen molar-refractivity contribution in [1.82, 2.24) is 4.90 Å². The maximum absolute atomic E-state index is 11.2. The summed E-state index contributed by atoms with van der Waals surface area (Å²) in [5.74, 6) is -0.253. The molecule has 3 unspecified atom stereocenters. The fraction of sp³-hybridized carbons (Fsp3) is 0.875. The van der Waals surface area contributed by atoms with Crippen molar-refractivity contribution in [2.75, 3.05) is 18.6 Å². The summed E-state index contributed by atoms with van der Waals surface area (Å²) in [7, 11) is -1.48. The van der Waals surface area contributed by atoms with Crippen LogP contribution in [-0.4, -0.2) is 55.2 Å². The number of nitrogens with zero attached hydrogens (tertiary/aromatic N) is 2. The molecule has 6 heteroatoms. The first-order valence-electron chi connectivity index (χ1n) is 4.37. The first kappa shape index (κ1) is 11.4. The molecule has 14 heavy (non-hydrogen) atoms. The van der Waals surface area contributed by atoms with Gasteiger partial charge in [-0.2, -0.15) is 5.26 Å². The second-order valence-electron chi connectivity index (χ2n) is 3.68. The fourth-order valence-electron chi connectivity index (χ4n) is 1.58. The van der Waals surface area contributed by atoms with Gasteiger partial charge < -0.3 is 5.11 Å². The van der Waals surface area contributed by atoms with Gasteiger partial charge in [0.25, 0.3) is 0 Å². The number of nitriles is 1. The van der Waals surface area contributed by atoms with Crippen LogP contribution in [0.3, 0.4) is 0 Å². The number of hydrogen-bond donors (Lipinski definition) is 1. The van der Waals surface area contributed by atoms with E-state index in [-0.39, 0.29) is 17.5 Å². The Hall–Kier alpha value is -0.640. The second-order valence-corrected chi connectivity index (χ2v) is 5.84. The van der Waals surface area contributed by atoms with Crippen LogP contribution in [0, 0.1) is 11.3 Å². The molecular formula is C8H14N2O3S. The average molecular weight is 218 g/mol. The fourth-order valence-corrected chi connectivity index (χ4v) is 3.43. The third-order valence-electron chi connectivity index (χ3n) is 2.61. The normalized spacial score (nSPS) is 32.8. The zero-order valence-electron chi connectivity index (χ0n) is 8.21. The largest absolute Gasteiger partial charge is 0.390 e. The Morgan fingerprint density at radius 1 is 1.57 bits per heavy atom. The Labute approximate surface area is 83.9 Å². The third-order valence-corrected chi connectivity index (χ3v) is 4.31. The van der Waals surface area contributed by atoms with Gasteiger partial charge in [0.1, 0.15) is 0 Å². The van der Waals surface area contributed by atoms with Gasteiger partial charge in [-0.25, -0.2) is 8.42 Å². The van der Waals surface area contributed by atoms with Crippen molar-refractivity contribution in [1.29, 1.82) is 5.26 Å². The van der Waals surface area contributed by atoms with Crippen molar-refractivity contribution in [2.24, 2.45) is 0 Å². The Kier molecular flexibility index (Phi) is 3.14. The zero-order chi connectivity index (χ0) is 10.9. The summed E-state index contributed by atoms with van der Waals surface area (Å²) < 4.78 is 22.4. The molecule has 80 valence electrons. The zero-order valence-corrected chi connectivity index (χ0v) is 9.03. The van der Waals surface area contributed by atoms with Crippen LogP contribution in [-0.2, 0) is 9.84 Å². The van der Waals surface area contributed by atoms with Crippen LogP contribution in [0.5, 0.6) is 0 Å². The van der Waals surface area contributed by atoms with E-state index in [4.69, 9.17) is 5.26 Å². The maximum atomic E-state index is 11.2. The van der Waals surface area contributed by atoms with Crippen molar-refractivity contribution >= 4 is 9.84 Å². The van der Waals surface area contributed by atoms with Crippen LogP contribution in [0.4, 0.5) is 0 Å². The standard InChI is InChI=1S/C8H14N2O3S/c1-6(3-9)10(2)7-4-14(12,13)5-8(7)11/h6-8,11H,4-5H2,1-2H3. The predicted molar refractivity (Wildman–Crippen MR) is 51.3 cm³/mol. The molecule has 0 aromatic carbocycles. The highest BCUT2D eigenvalue weighted by Crippen LogP contribution is 2.18. The minimum Gasteiger partial charge on any atom is -0.390 e. The first-order valence-corrected chi connectivity index (χ1v) is 6.19. The molecule has 1 aliphatic rings.